The molecule has 3 aliphatic carbocycles. The highest BCUT2D eigenvalue weighted by Crippen LogP contribution is 2.59. The van der Waals surface area contributed by atoms with Crippen LogP contribution >= 0.6 is 11.8 Å². The summed E-state index contributed by atoms with van der Waals surface area (Å²) in [5, 5.41) is 20.7. The van der Waals surface area contributed by atoms with Crippen LogP contribution in [0, 0.1) is 40.9 Å². The first-order valence-electron chi connectivity index (χ1n) is 14.8. The van der Waals surface area contributed by atoms with E-state index in [0.717, 1.165) is 38.4 Å². The Morgan fingerprint density at radius 3 is 2.57 bits per heavy atom. The molecule has 5 rings (SSSR count). The number of nitrogens with zero attached hydrogens (tertiary/aromatic N) is 1. The van der Waals surface area contributed by atoms with E-state index in [0.29, 0.717) is 28.5 Å². The molecule has 2 aliphatic heterocycles. The summed E-state index contributed by atoms with van der Waals surface area (Å²) in [5.74, 6) is 2.40. The standard InChI is InChI=1S/C29H51N3O2S/c1-18(28(34)32(4)17-20-8-6-5-7-9-20)22-10-13-29(3)16-23-25(19(2)24(29)26(22)33)31-27(35-23)21-11-14-30-15-12-21/h18-27,30-31,33H,5-17H2,1-4H3/t18-,19+,22-,23?,24+,25?,26-,27?,29+/m0/s1. The fourth-order valence-corrected chi connectivity index (χ4v) is 11.1. The van der Waals surface area contributed by atoms with Gasteiger partial charge in [0.15, 0.2) is 0 Å². The molecule has 0 aromatic heterocycles. The summed E-state index contributed by atoms with van der Waals surface area (Å²) in [6.07, 6.45) is 12.0. The Morgan fingerprint density at radius 2 is 1.86 bits per heavy atom. The average Bonchev–Trinajstić information content (AvgIpc) is 3.28. The van der Waals surface area contributed by atoms with E-state index in [4.69, 9.17) is 0 Å². The van der Waals surface area contributed by atoms with Crippen LogP contribution in [0.25, 0.3) is 0 Å². The molecule has 5 nitrogen and oxygen atoms in total. The molecule has 9 atom stereocenters. The second-order valence-corrected chi connectivity index (χ2v) is 14.7. The van der Waals surface area contributed by atoms with Gasteiger partial charge in [0.2, 0.25) is 5.91 Å². The lowest BCUT2D eigenvalue weighted by atomic mass is 9.51. The number of aliphatic hydroxyl groups is 1. The third-order valence-electron chi connectivity index (χ3n) is 11.0. The zero-order valence-corrected chi connectivity index (χ0v) is 23.5. The highest BCUT2D eigenvalue weighted by molar-refractivity contribution is 8.00. The Balaban J connectivity index is 1.24. The second-order valence-electron chi connectivity index (χ2n) is 13.3. The third-order valence-corrected chi connectivity index (χ3v) is 12.6. The first-order valence-corrected chi connectivity index (χ1v) is 15.8. The maximum Gasteiger partial charge on any atom is 0.225 e. The molecule has 3 N–H and O–H groups in total. The van der Waals surface area contributed by atoms with Crippen molar-refractivity contribution in [2.24, 2.45) is 40.9 Å². The molecule has 0 bridgehead atoms. The summed E-state index contributed by atoms with van der Waals surface area (Å²) in [4.78, 5) is 15.5. The number of amides is 1. The predicted octanol–water partition coefficient (Wildman–Crippen LogP) is 4.49. The Kier molecular flexibility index (Phi) is 8.14. The van der Waals surface area contributed by atoms with Gasteiger partial charge in [-0.05, 0) is 93.0 Å². The van der Waals surface area contributed by atoms with Gasteiger partial charge in [-0.15, -0.1) is 11.8 Å². The lowest BCUT2D eigenvalue weighted by Gasteiger charge is -2.57. The number of carbonyl (C=O) groups is 1. The largest absolute Gasteiger partial charge is 0.392 e. The molecule has 5 aliphatic rings. The molecular formula is C29H51N3O2S. The monoisotopic (exact) mass is 505 g/mol. The van der Waals surface area contributed by atoms with Gasteiger partial charge in [-0.1, -0.05) is 40.0 Å². The lowest BCUT2D eigenvalue weighted by molar-refractivity contribution is -0.149. The molecule has 1 amide bonds. The molecule has 3 unspecified atom stereocenters. The first-order chi connectivity index (χ1) is 16.8. The first kappa shape index (κ1) is 26.3. The van der Waals surface area contributed by atoms with E-state index in [1.807, 2.05) is 11.9 Å². The van der Waals surface area contributed by atoms with Crippen LogP contribution in [-0.2, 0) is 4.79 Å². The van der Waals surface area contributed by atoms with Crippen molar-refractivity contribution in [2.45, 2.75) is 108 Å². The van der Waals surface area contributed by atoms with E-state index in [9.17, 15) is 9.90 Å². The van der Waals surface area contributed by atoms with E-state index in [2.05, 4.69) is 43.2 Å². The number of thioether (sulfide) groups is 1. The Hall–Kier alpha value is -0.300. The summed E-state index contributed by atoms with van der Waals surface area (Å²) in [6, 6.07) is 0.492. The van der Waals surface area contributed by atoms with Crippen molar-refractivity contribution in [2.75, 3.05) is 26.7 Å². The quantitative estimate of drug-likeness (QED) is 0.514. The van der Waals surface area contributed by atoms with Gasteiger partial charge in [0.25, 0.3) is 0 Å². The van der Waals surface area contributed by atoms with E-state index < -0.39 is 0 Å². The number of carbonyl (C=O) groups excluding carboxylic acids is 1. The summed E-state index contributed by atoms with van der Waals surface area (Å²) >= 11 is 2.21. The fraction of sp³-hybridized carbons (Fsp3) is 0.966. The van der Waals surface area contributed by atoms with Crippen molar-refractivity contribution in [1.29, 1.82) is 0 Å². The Labute approximate surface area is 218 Å². The Morgan fingerprint density at radius 1 is 1.14 bits per heavy atom. The van der Waals surface area contributed by atoms with Crippen LogP contribution in [0.1, 0.15) is 85.0 Å². The molecule has 3 saturated carbocycles. The van der Waals surface area contributed by atoms with E-state index in [1.54, 1.807) is 0 Å². The number of rotatable bonds is 5. The number of fused-ring (bicyclic) bond motifs is 2. The van der Waals surface area contributed by atoms with Crippen LogP contribution in [0.5, 0.6) is 0 Å². The number of hydrogen-bond donors (Lipinski definition) is 3. The van der Waals surface area contributed by atoms with Crippen molar-refractivity contribution < 1.29 is 9.90 Å². The predicted molar refractivity (Wildman–Crippen MR) is 145 cm³/mol. The molecular weight excluding hydrogens is 454 g/mol. The van der Waals surface area contributed by atoms with Gasteiger partial charge in [-0.25, -0.2) is 0 Å². The molecule has 0 radical (unpaired) electrons. The van der Waals surface area contributed by atoms with E-state index >= 15 is 0 Å². The van der Waals surface area contributed by atoms with Crippen molar-refractivity contribution in [3.05, 3.63) is 0 Å². The molecule has 0 aromatic carbocycles. The maximum absolute atomic E-state index is 13.5. The average molecular weight is 506 g/mol. The topological polar surface area (TPSA) is 64.6 Å². The maximum atomic E-state index is 13.5. The van der Waals surface area contributed by atoms with Gasteiger partial charge in [0.05, 0.1) is 11.5 Å². The van der Waals surface area contributed by atoms with Crippen LogP contribution in [0.15, 0.2) is 0 Å². The minimum absolute atomic E-state index is 0.0858. The van der Waals surface area contributed by atoms with Gasteiger partial charge in [0, 0.05) is 30.8 Å². The van der Waals surface area contributed by atoms with Crippen LogP contribution in [0.2, 0.25) is 0 Å². The van der Waals surface area contributed by atoms with Crippen molar-refractivity contribution >= 4 is 17.7 Å². The molecule has 0 aromatic rings. The zero-order valence-electron chi connectivity index (χ0n) is 22.7. The number of nitrogens with one attached hydrogen (secondary N) is 2. The smallest absolute Gasteiger partial charge is 0.225 e. The molecule has 5 fully saturated rings. The van der Waals surface area contributed by atoms with Crippen molar-refractivity contribution in [3.63, 3.8) is 0 Å². The summed E-state index contributed by atoms with van der Waals surface area (Å²) in [6.45, 7) is 10.1. The highest BCUT2D eigenvalue weighted by atomic mass is 32.2. The van der Waals surface area contributed by atoms with Crippen molar-refractivity contribution in [3.8, 4) is 0 Å². The number of piperidine rings is 1. The number of aliphatic hydroxyl groups excluding tert-OH is 1. The van der Waals surface area contributed by atoms with Gasteiger partial charge in [0.1, 0.15) is 0 Å². The highest BCUT2D eigenvalue weighted by Gasteiger charge is 2.58. The van der Waals surface area contributed by atoms with E-state index in [1.165, 1.54) is 51.4 Å². The van der Waals surface area contributed by atoms with Crippen LogP contribution < -0.4 is 10.6 Å². The molecule has 200 valence electrons. The second kappa shape index (κ2) is 10.8. The minimum Gasteiger partial charge on any atom is -0.392 e. The van der Waals surface area contributed by atoms with Gasteiger partial charge >= 0.3 is 0 Å². The van der Waals surface area contributed by atoms with Gasteiger partial charge in [-0.3, -0.25) is 4.79 Å². The zero-order chi connectivity index (χ0) is 24.7. The molecule has 2 heterocycles. The summed E-state index contributed by atoms with van der Waals surface area (Å²) in [7, 11) is 2.00. The SMILES string of the molecule is C[C@H](C(=O)N(C)CC1CCCCC1)[C@@H]1CC[C@]2(C)CC3SC(C4CCNCC4)NC3[C@H](C)[C@@H]2[C@H]1O. The van der Waals surface area contributed by atoms with Crippen molar-refractivity contribution in [1.82, 2.24) is 15.5 Å². The summed E-state index contributed by atoms with van der Waals surface area (Å²) < 4.78 is 0. The van der Waals surface area contributed by atoms with Crippen LogP contribution in [0.4, 0.5) is 0 Å². The van der Waals surface area contributed by atoms with Crippen LogP contribution in [-0.4, -0.2) is 65.4 Å². The molecule has 0 spiro atoms. The van der Waals surface area contributed by atoms with Crippen LogP contribution in [0.3, 0.4) is 0 Å². The Bertz CT molecular complexity index is 739. The number of hydrogen-bond acceptors (Lipinski definition) is 5. The van der Waals surface area contributed by atoms with E-state index in [-0.39, 0.29) is 35.2 Å². The molecule has 35 heavy (non-hydrogen) atoms. The molecule has 2 saturated heterocycles. The van der Waals surface area contributed by atoms with Gasteiger partial charge < -0.3 is 20.6 Å². The fourth-order valence-electron chi connectivity index (χ4n) is 8.97. The summed E-state index contributed by atoms with van der Waals surface area (Å²) in [5.41, 5.74) is 0.185. The van der Waals surface area contributed by atoms with Gasteiger partial charge in [-0.2, -0.15) is 0 Å². The molecule has 6 heteroatoms. The minimum atomic E-state index is -0.378. The lowest BCUT2D eigenvalue weighted by Crippen LogP contribution is -2.60. The third kappa shape index (κ3) is 5.20. The normalized spacial score (nSPS) is 43.9.